The van der Waals surface area contributed by atoms with Crippen LogP contribution in [0.15, 0.2) is 4.99 Å². The van der Waals surface area contributed by atoms with Crippen molar-refractivity contribution in [2.45, 2.75) is 18.2 Å². The molecule has 1 N–H and O–H groups in total. The Hall–Kier alpha value is -1.82. The van der Waals surface area contributed by atoms with Gasteiger partial charge in [0.25, 0.3) is 0 Å². The van der Waals surface area contributed by atoms with Crippen LogP contribution in [0.3, 0.4) is 0 Å². The molecular weight excluding hydrogens is 318 g/mol. The topological polar surface area (TPSA) is 123 Å². The predicted octanol–water partition coefficient (Wildman–Crippen LogP) is -0.121. The van der Waals surface area contributed by atoms with Crippen molar-refractivity contribution < 1.29 is 40.8 Å². The number of halogens is 2. The van der Waals surface area contributed by atoms with Crippen LogP contribution >= 0.6 is 0 Å². The van der Waals surface area contributed by atoms with Gasteiger partial charge in [0.15, 0.2) is 0 Å². The van der Waals surface area contributed by atoms with Crippen LogP contribution in [-0.2, 0) is 24.4 Å². The lowest BCUT2D eigenvalue weighted by molar-refractivity contribution is -0.162. The Morgan fingerprint density at radius 3 is 2.48 bits per heavy atom. The Bertz CT molecular complexity index is 548. The number of alkyl halides is 2. The molecule has 0 aromatic rings. The van der Waals surface area contributed by atoms with Crippen LogP contribution in [0.2, 0.25) is 0 Å². The Kier molecular flexibility index (Phi) is 5.17. The standard InChI is InChI=1S/C9H12F2N2O7S/c1-6-4-12-5-13(6)8(15)20-3-2-19-7(14)9(10,11)21(16,17)18/h5-6H,2-4H2,1H3,(H,16,17,18). The average molecular weight is 330 g/mol. The highest BCUT2D eigenvalue weighted by molar-refractivity contribution is 7.87. The molecule has 0 radical (unpaired) electrons. The van der Waals surface area contributed by atoms with E-state index in [2.05, 4.69) is 14.5 Å². The van der Waals surface area contributed by atoms with Crippen molar-refractivity contribution in [2.24, 2.45) is 4.99 Å². The van der Waals surface area contributed by atoms with Gasteiger partial charge in [-0.25, -0.2) is 9.59 Å². The van der Waals surface area contributed by atoms with E-state index in [1.54, 1.807) is 6.92 Å². The molecule has 21 heavy (non-hydrogen) atoms. The van der Waals surface area contributed by atoms with Gasteiger partial charge in [0.2, 0.25) is 0 Å². The van der Waals surface area contributed by atoms with Gasteiger partial charge < -0.3 is 9.47 Å². The minimum Gasteiger partial charge on any atom is -0.457 e. The summed E-state index contributed by atoms with van der Waals surface area (Å²) in [6.45, 7) is 0.726. The average Bonchev–Trinajstić information content (AvgIpc) is 2.79. The van der Waals surface area contributed by atoms with Gasteiger partial charge in [0.05, 0.1) is 18.9 Å². The maximum atomic E-state index is 12.8. The molecule has 0 saturated carbocycles. The normalized spacial score (nSPS) is 18.7. The zero-order valence-electron chi connectivity index (χ0n) is 10.7. The van der Waals surface area contributed by atoms with Crippen molar-refractivity contribution in [1.82, 2.24) is 4.90 Å². The highest BCUT2D eigenvalue weighted by Crippen LogP contribution is 2.21. The van der Waals surface area contributed by atoms with Gasteiger partial charge >= 0.3 is 27.4 Å². The van der Waals surface area contributed by atoms with E-state index in [4.69, 9.17) is 4.55 Å². The molecule has 0 aromatic carbocycles. The lowest BCUT2D eigenvalue weighted by atomic mass is 10.3. The van der Waals surface area contributed by atoms with E-state index in [9.17, 15) is 26.8 Å². The largest absolute Gasteiger partial charge is 0.465 e. The lowest BCUT2D eigenvalue weighted by Gasteiger charge is -2.18. The molecule has 1 unspecified atom stereocenters. The fourth-order valence-electron chi connectivity index (χ4n) is 1.24. The summed E-state index contributed by atoms with van der Waals surface area (Å²) >= 11 is 0. The maximum absolute atomic E-state index is 12.8. The number of hydrogen-bond donors (Lipinski definition) is 1. The first-order valence-electron chi connectivity index (χ1n) is 5.54. The van der Waals surface area contributed by atoms with Crippen LogP contribution in [0.5, 0.6) is 0 Å². The van der Waals surface area contributed by atoms with Gasteiger partial charge in [-0.2, -0.15) is 17.2 Å². The number of rotatable bonds is 5. The summed E-state index contributed by atoms with van der Waals surface area (Å²) in [7, 11) is -5.92. The molecule has 12 heteroatoms. The Morgan fingerprint density at radius 1 is 1.43 bits per heavy atom. The number of carbonyl (C=O) groups excluding carboxylic acids is 2. The summed E-state index contributed by atoms with van der Waals surface area (Å²) in [5.41, 5.74) is 0. The number of amides is 1. The van der Waals surface area contributed by atoms with E-state index in [1.807, 2.05) is 0 Å². The SMILES string of the molecule is CC1CN=CN1C(=O)OCCOC(=O)C(F)(F)S(=O)(=O)O. The van der Waals surface area contributed by atoms with Crippen molar-refractivity contribution in [3.63, 3.8) is 0 Å². The first-order chi connectivity index (χ1) is 9.57. The minimum absolute atomic E-state index is 0.219. The van der Waals surface area contributed by atoms with Crippen LogP contribution in [0, 0.1) is 0 Å². The number of aliphatic imine (C=N–C) groups is 1. The molecule has 0 saturated heterocycles. The Labute approximate surface area is 118 Å². The van der Waals surface area contributed by atoms with Crippen LogP contribution in [0.25, 0.3) is 0 Å². The van der Waals surface area contributed by atoms with E-state index in [0.717, 1.165) is 4.90 Å². The first-order valence-corrected chi connectivity index (χ1v) is 6.98. The molecule has 120 valence electrons. The summed E-state index contributed by atoms with van der Waals surface area (Å²) in [5, 5.41) is -5.08. The number of ether oxygens (including phenoxy) is 2. The van der Waals surface area contributed by atoms with Crippen LogP contribution in [0.4, 0.5) is 13.6 Å². The smallest absolute Gasteiger partial charge is 0.457 e. The first kappa shape index (κ1) is 17.2. The Balaban J connectivity index is 2.36. The second-order valence-corrected chi connectivity index (χ2v) is 5.44. The van der Waals surface area contributed by atoms with Gasteiger partial charge in [-0.3, -0.25) is 14.4 Å². The molecule has 9 nitrogen and oxygen atoms in total. The zero-order valence-corrected chi connectivity index (χ0v) is 11.5. The predicted molar refractivity (Wildman–Crippen MR) is 63.5 cm³/mol. The van der Waals surface area contributed by atoms with E-state index >= 15 is 0 Å². The molecule has 1 amide bonds. The van der Waals surface area contributed by atoms with E-state index < -0.39 is 40.6 Å². The maximum Gasteiger partial charge on any atom is 0.465 e. The number of esters is 1. The molecule has 0 aromatic heterocycles. The Morgan fingerprint density at radius 2 is 2.00 bits per heavy atom. The highest BCUT2D eigenvalue weighted by Gasteiger charge is 2.54. The fourth-order valence-corrected chi connectivity index (χ4v) is 1.51. The lowest BCUT2D eigenvalue weighted by Crippen LogP contribution is -2.40. The summed E-state index contributed by atoms with van der Waals surface area (Å²) < 4.78 is 62.7. The highest BCUT2D eigenvalue weighted by atomic mass is 32.2. The van der Waals surface area contributed by atoms with E-state index in [1.165, 1.54) is 6.34 Å². The van der Waals surface area contributed by atoms with E-state index in [0.29, 0.717) is 6.54 Å². The third-order valence-electron chi connectivity index (χ3n) is 2.37. The summed E-state index contributed by atoms with van der Waals surface area (Å²) in [4.78, 5) is 27.2. The van der Waals surface area contributed by atoms with Gasteiger partial charge in [-0.15, -0.1) is 0 Å². The second-order valence-electron chi connectivity index (χ2n) is 3.98. The van der Waals surface area contributed by atoms with Gasteiger partial charge in [-0.1, -0.05) is 0 Å². The van der Waals surface area contributed by atoms with Crippen molar-refractivity contribution >= 4 is 28.5 Å². The molecule has 0 aliphatic carbocycles. The zero-order chi connectivity index (χ0) is 16.3. The molecule has 1 heterocycles. The van der Waals surface area contributed by atoms with E-state index in [-0.39, 0.29) is 6.04 Å². The molecular formula is C9H12F2N2O7S. The van der Waals surface area contributed by atoms with Crippen molar-refractivity contribution in [1.29, 1.82) is 0 Å². The second kappa shape index (κ2) is 6.30. The molecule has 0 spiro atoms. The number of hydrogen-bond acceptors (Lipinski definition) is 7. The number of nitrogens with zero attached hydrogens (tertiary/aromatic N) is 2. The fraction of sp³-hybridized carbons (Fsp3) is 0.667. The molecule has 0 bridgehead atoms. The summed E-state index contributed by atoms with van der Waals surface area (Å²) in [6, 6.07) is -0.219. The molecule has 1 rings (SSSR count). The number of carbonyl (C=O) groups is 2. The van der Waals surface area contributed by atoms with Crippen molar-refractivity contribution in [3.05, 3.63) is 0 Å². The summed E-state index contributed by atoms with van der Waals surface area (Å²) in [5.74, 6) is -2.46. The van der Waals surface area contributed by atoms with Crippen LogP contribution in [-0.4, -0.2) is 67.3 Å². The third kappa shape index (κ3) is 4.07. The van der Waals surface area contributed by atoms with Gasteiger partial charge in [-0.05, 0) is 6.92 Å². The summed E-state index contributed by atoms with van der Waals surface area (Å²) in [6.07, 6.45) is 0.423. The van der Waals surface area contributed by atoms with Crippen LogP contribution < -0.4 is 0 Å². The quantitative estimate of drug-likeness (QED) is 0.423. The minimum atomic E-state index is -5.92. The van der Waals surface area contributed by atoms with Crippen molar-refractivity contribution in [2.75, 3.05) is 19.8 Å². The monoisotopic (exact) mass is 330 g/mol. The molecule has 1 aliphatic rings. The van der Waals surface area contributed by atoms with Crippen LogP contribution in [0.1, 0.15) is 6.92 Å². The van der Waals surface area contributed by atoms with Crippen molar-refractivity contribution in [3.8, 4) is 0 Å². The third-order valence-corrected chi connectivity index (χ3v) is 3.18. The van der Waals surface area contributed by atoms with Gasteiger partial charge in [0.1, 0.15) is 13.2 Å². The molecule has 1 aliphatic heterocycles. The molecule has 0 fully saturated rings. The van der Waals surface area contributed by atoms with Gasteiger partial charge in [0, 0.05) is 0 Å². The molecule has 1 atom stereocenters.